The number of nitrogens with one attached hydrogen (secondary N) is 2. The minimum absolute atomic E-state index is 0.102. The summed E-state index contributed by atoms with van der Waals surface area (Å²) in [6.45, 7) is 4.56. The van der Waals surface area contributed by atoms with E-state index >= 15 is 0 Å². The molecule has 2 aromatic carbocycles. The van der Waals surface area contributed by atoms with Gasteiger partial charge in [0.05, 0.1) is 11.1 Å². The summed E-state index contributed by atoms with van der Waals surface area (Å²) in [4.78, 5) is 18.8. The van der Waals surface area contributed by atoms with Gasteiger partial charge in [0.15, 0.2) is 0 Å². The highest BCUT2D eigenvalue weighted by Gasteiger charge is 2.23. The van der Waals surface area contributed by atoms with Gasteiger partial charge >= 0.3 is 6.03 Å². The van der Waals surface area contributed by atoms with Crippen molar-refractivity contribution in [3.05, 3.63) is 53.7 Å². The molecule has 0 unspecified atom stereocenters. The number of likely N-dealkylation sites (tertiary alicyclic amines) is 1. The summed E-state index contributed by atoms with van der Waals surface area (Å²) >= 11 is 0. The number of nitriles is 1. The monoisotopic (exact) mass is 515 g/mol. The van der Waals surface area contributed by atoms with E-state index in [1.165, 1.54) is 6.42 Å². The first-order valence-electron chi connectivity index (χ1n) is 13.2. The van der Waals surface area contributed by atoms with Crippen LogP contribution in [0.2, 0.25) is 0 Å². The number of piperidine rings is 1. The molecular formula is C29H33N5O4. The Bertz CT molecular complexity index is 1340. The van der Waals surface area contributed by atoms with Gasteiger partial charge in [-0.2, -0.15) is 5.26 Å². The van der Waals surface area contributed by atoms with E-state index in [4.69, 9.17) is 9.47 Å². The van der Waals surface area contributed by atoms with E-state index in [0.717, 1.165) is 44.3 Å². The molecule has 1 saturated carbocycles. The molecule has 2 fully saturated rings. The molecule has 2 amide bonds. The van der Waals surface area contributed by atoms with Crippen molar-refractivity contribution >= 4 is 22.6 Å². The lowest BCUT2D eigenvalue weighted by Gasteiger charge is -2.28. The summed E-state index contributed by atoms with van der Waals surface area (Å²) in [5, 5.41) is 26.7. The Morgan fingerprint density at radius 1 is 1.18 bits per heavy atom. The highest BCUT2D eigenvalue weighted by Crippen LogP contribution is 2.34. The quantitative estimate of drug-likeness (QED) is 0.377. The third-order valence-electron chi connectivity index (χ3n) is 6.86. The van der Waals surface area contributed by atoms with E-state index in [1.54, 1.807) is 30.5 Å². The fourth-order valence-corrected chi connectivity index (χ4v) is 4.66. The molecule has 3 N–H and O–H groups in total. The maximum Gasteiger partial charge on any atom is 0.319 e. The molecule has 1 saturated heterocycles. The highest BCUT2D eigenvalue weighted by atomic mass is 16.5. The second-order valence-electron chi connectivity index (χ2n) is 10.1. The largest absolute Gasteiger partial charge is 0.489 e. The summed E-state index contributed by atoms with van der Waals surface area (Å²) in [5.74, 6) is 1.54. The molecule has 1 aliphatic heterocycles. The number of nitrogens with zero attached hydrogens (tertiary/aromatic N) is 3. The maximum absolute atomic E-state index is 12.1. The number of carbonyl (C=O) groups excluding carboxylic acids is 1. The molecular weight excluding hydrogens is 482 g/mol. The third kappa shape index (κ3) is 6.52. The first kappa shape index (κ1) is 25.8. The number of amides is 2. The second kappa shape index (κ2) is 11.7. The fraction of sp³-hybridized carbons (Fsp3) is 0.414. The average Bonchev–Trinajstić information content (AvgIpc) is 3.73. The average molecular weight is 516 g/mol. The lowest BCUT2D eigenvalue weighted by molar-refractivity contribution is 0.0617. The Kier molecular flexibility index (Phi) is 7.91. The molecule has 9 heteroatoms. The minimum atomic E-state index is -0.640. The molecule has 0 radical (unpaired) electrons. The summed E-state index contributed by atoms with van der Waals surface area (Å²) in [5.41, 5.74) is 2.54. The number of fused-ring (bicyclic) bond motifs is 1. The summed E-state index contributed by atoms with van der Waals surface area (Å²) in [6, 6.07) is 12.9. The number of pyridine rings is 1. The van der Waals surface area contributed by atoms with Crippen LogP contribution in [-0.4, -0.2) is 59.4 Å². The van der Waals surface area contributed by atoms with Crippen LogP contribution in [0.1, 0.15) is 43.2 Å². The van der Waals surface area contributed by atoms with Gasteiger partial charge in [-0.15, -0.1) is 0 Å². The van der Waals surface area contributed by atoms with E-state index in [1.807, 2.05) is 19.1 Å². The van der Waals surface area contributed by atoms with Crippen molar-refractivity contribution in [1.82, 2.24) is 15.2 Å². The van der Waals surface area contributed by atoms with Crippen molar-refractivity contribution in [2.45, 2.75) is 51.2 Å². The first-order chi connectivity index (χ1) is 18.5. The standard InChI is InChI=1S/C29H33N5O4/c1-19-13-23(7-8-25(19)33-29(36)32-21-5-6-21)38-27-9-10-31-26-15-28(20(16-30)14-24(26)27)37-18-22(35)17-34-11-3-2-4-12-34/h7-10,13-15,21-22,35H,2-6,11-12,17-18H2,1H3,(H2,32,33,36)/t22-/m0/s1. The summed E-state index contributed by atoms with van der Waals surface area (Å²) in [6.07, 6.45) is 6.62. The molecule has 1 aliphatic carbocycles. The summed E-state index contributed by atoms with van der Waals surface area (Å²) in [7, 11) is 0. The zero-order chi connectivity index (χ0) is 26.5. The number of rotatable bonds is 9. The number of hydrogen-bond donors (Lipinski definition) is 3. The number of aliphatic hydroxyl groups excluding tert-OH is 1. The Balaban J connectivity index is 1.28. The van der Waals surface area contributed by atoms with Gasteiger partial charge in [-0.1, -0.05) is 6.42 Å². The molecule has 2 heterocycles. The Morgan fingerprint density at radius 3 is 2.74 bits per heavy atom. The molecule has 0 spiro atoms. The molecule has 1 atom stereocenters. The Hall–Kier alpha value is -3.87. The number of aromatic nitrogens is 1. The van der Waals surface area contributed by atoms with Crippen LogP contribution < -0.4 is 20.1 Å². The molecule has 5 rings (SSSR count). The number of benzene rings is 2. The SMILES string of the molecule is Cc1cc(Oc2ccnc3cc(OC[C@@H](O)CN4CCCCC4)c(C#N)cc23)ccc1NC(=O)NC1CC1. The van der Waals surface area contributed by atoms with Crippen molar-refractivity contribution in [3.63, 3.8) is 0 Å². The van der Waals surface area contributed by atoms with Crippen molar-refractivity contribution < 1.29 is 19.4 Å². The number of aryl methyl sites for hydroxylation is 1. The van der Waals surface area contributed by atoms with Gasteiger partial charge in [-0.05, 0) is 81.6 Å². The Morgan fingerprint density at radius 2 is 2.00 bits per heavy atom. The lowest BCUT2D eigenvalue weighted by atomic mass is 10.1. The fourth-order valence-electron chi connectivity index (χ4n) is 4.66. The second-order valence-corrected chi connectivity index (χ2v) is 10.1. The van der Waals surface area contributed by atoms with Gasteiger partial charge in [-0.25, -0.2) is 4.79 Å². The minimum Gasteiger partial charge on any atom is -0.489 e. The van der Waals surface area contributed by atoms with Crippen LogP contribution in [0.5, 0.6) is 17.2 Å². The molecule has 1 aromatic heterocycles. The number of aliphatic hydroxyl groups is 1. The number of anilines is 1. The van der Waals surface area contributed by atoms with Gasteiger partial charge in [0.25, 0.3) is 0 Å². The highest BCUT2D eigenvalue weighted by molar-refractivity contribution is 5.91. The van der Waals surface area contributed by atoms with Crippen LogP contribution >= 0.6 is 0 Å². The molecule has 198 valence electrons. The van der Waals surface area contributed by atoms with Crippen LogP contribution in [0.25, 0.3) is 10.9 Å². The zero-order valence-corrected chi connectivity index (χ0v) is 21.6. The van der Waals surface area contributed by atoms with Gasteiger partial charge in [0.2, 0.25) is 0 Å². The van der Waals surface area contributed by atoms with E-state index in [2.05, 4.69) is 26.6 Å². The van der Waals surface area contributed by atoms with Crippen LogP contribution in [0.4, 0.5) is 10.5 Å². The smallest absolute Gasteiger partial charge is 0.319 e. The molecule has 38 heavy (non-hydrogen) atoms. The molecule has 0 bridgehead atoms. The van der Waals surface area contributed by atoms with E-state index in [9.17, 15) is 15.2 Å². The van der Waals surface area contributed by atoms with Gasteiger partial charge < -0.3 is 30.1 Å². The van der Waals surface area contributed by atoms with E-state index in [0.29, 0.717) is 45.9 Å². The normalized spacial score (nSPS) is 16.4. The predicted molar refractivity (Wildman–Crippen MR) is 145 cm³/mol. The van der Waals surface area contributed by atoms with Crippen molar-refractivity contribution in [2.24, 2.45) is 0 Å². The maximum atomic E-state index is 12.1. The topological polar surface area (TPSA) is 120 Å². The number of β-amino-alcohol motifs (C(OH)–C–C–N with tert-alkyl or cyclic N) is 1. The first-order valence-corrected chi connectivity index (χ1v) is 13.2. The molecule has 2 aliphatic rings. The number of hydrogen-bond acceptors (Lipinski definition) is 7. The van der Waals surface area contributed by atoms with Gasteiger partial charge in [0, 0.05) is 35.9 Å². The van der Waals surface area contributed by atoms with Gasteiger partial charge in [-0.3, -0.25) is 4.98 Å². The van der Waals surface area contributed by atoms with Crippen molar-refractivity contribution in [1.29, 1.82) is 5.26 Å². The Labute approximate surface area is 222 Å². The number of ether oxygens (including phenoxy) is 2. The molecule has 9 nitrogen and oxygen atoms in total. The van der Waals surface area contributed by atoms with Crippen molar-refractivity contribution in [2.75, 3.05) is 31.6 Å². The third-order valence-corrected chi connectivity index (χ3v) is 6.86. The van der Waals surface area contributed by atoms with Crippen LogP contribution in [0.15, 0.2) is 42.6 Å². The number of urea groups is 1. The summed E-state index contributed by atoms with van der Waals surface area (Å²) < 4.78 is 12.0. The molecule has 3 aromatic rings. The lowest BCUT2D eigenvalue weighted by Crippen LogP contribution is -2.38. The number of carbonyl (C=O) groups is 1. The van der Waals surface area contributed by atoms with Crippen molar-refractivity contribution in [3.8, 4) is 23.3 Å². The zero-order valence-electron chi connectivity index (χ0n) is 21.6. The van der Waals surface area contributed by atoms with Crippen LogP contribution in [0.3, 0.4) is 0 Å². The predicted octanol–water partition coefficient (Wildman–Crippen LogP) is 4.72. The van der Waals surface area contributed by atoms with Crippen LogP contribution in [0, 0.1) is 18.3 Å². The van der Waals surface area contributed by atoms with E-state index in [-0.39, 0.29) is 18.7 Å². The van der Waals surface area contributed by atoms with Gasteiger partial charge in [0.1, 0.15) is 36.0 Å². The van der Waals surface area contributed by atoms with E-state index < -0.39 is 6.10 Å². The van der Waals surface area contributed by atoms with Crippen LogP contribution in [-0.2, 0) is 0 Å².